The van der Waals surface area contributed by atoms with Crippen LogP contribution in [0.25, 0.3) is 22.3 Å². The lowest BCUT2D eigenvalue weighted by molar-refractivity contribution is 0.112. The zero-order chi connectivity index (χ0) is 17.9. The van der Waals surface area contributed by atoms with Crippen molar-refractivity contribution in [2.24, 2.45) is 0 Å². The minimum absolute atomic E-state index is 0.429. The van der Waals surface area contributed by atoms with E-state index in [1.165, 1.54) is 11.1 Å². The van der Waals surface area contributed by atoms with Gasteiger partial charge in [-0.1, -0.05) is 42.5 Å². The third-order valence-electron chi connectivity index (χ3n) is 4.40. The summed E-state index contributed by atoms with van der Waals surface area (Å²) < 4.78 is 5.94. The monoisotopic (exact) mass is 337 g/mol. The van der Waals surface area contributed by atoms with Crippen molar-refractivity contribution in [1.82, 2.24) is 0 Å². The van der Waals surface area contributed by atoms with E-state index in [1.807, 2.05) is 30.3 Å². The van der Waals surface area contributed by atoms with Crippen molar-refractivity contribution >= 4 is 17.3 Å². The molecule has 0 aliphatic rings. The molecule has 0 bridgehead atoms. The first-order valence-corrected chi connectivity index (χ1v) is 8.33. The van der Waals surface area contributed by atoms with Crippen LogP contribution in [0.15, 0.2) is 77.2 Å². The fraction of sp³-hybridized carbons (Fsp3) is 0.0435. The van der Waals surface area contributed by atoms with Crippen molar-refractivity contribution in [3.8, 4) is 17.4 Å². The number of hydrogen-bond acceptors (Lipinski definition) is 3. The minimum Gasteiger partial charge on any atom is -0.456 e. The van der Waals surface area contributed by atoms with Crippen molar-refractivity contribution in [3.63, 3.8) is 0 Å². The lowest BCUT2D eigenvalue weighted by Crippen LogP contribution is -1.86. The van der Waals surface area contributed by atoms with Crippen LogP contribution >= 0.6 is 0 Å². The van der Waals surface area contributed by atoms with Gasteiger partial charge in [0.15, 0.2) is 0 Å². The SMILES string of the molecule is N#Cc1cc(C=O)ccc1-c1cc2cc(Cc3ccccc3)ccc2o1. The van der Waals surface area contributed by atoms with E-state index in [-0.39, 0.29) is 0 Å². The van der Waals surface area contributed by atoms with E-state index >= 15 is 0 Å². The normalized spacial score (nSPS) is 10.6. The molecule has 3 aromatic carbocycles. The average molecular weight is 337 g/mol. The number of furan rings is 1. The smallest absolute Gasteiger partial charge is 0.150 e. The van der Waals surface area contributed by atoms with Crippen LogP contribution in [0.1, 0.15) is 27.0 Å². The Balaban J connectivity index is 1.72. The third kappa shape index (κ3) is 3.01. The molecule has 0 amide bonds. The Labute approximate surface area is 151 Å². The minimum atomic E-state index is 0.429. The quantitative estimate of drug-likeness (QED) is 0.470. The van der Waals surface area contributed by atoms with Gasteiger partial charge in [-0.2, -0.15) is 5.26 Å². The lowest BCUT2D eigenvalue weighted by Gasteiger charge is -2.01. The van der Waals surface area contributed by atoms with Gasteiger partial charge in [0.2, 0.25) is 0 Å². The van der Waals surface area contributed by atoms with Crippen LogP contribution in [0.2, 0.25) is 0 Å². The molecule has 4 aromatic rings. The number of carbonyl (C=O) groups excluding carboxylic acids is 1. The Kier molecular flexibility index (Phi) is 4.09. The summed E-state index contributed by atoms with van der Waals surface area (Å²) in [7, 11) is 0. The predicted molar refractivity (Wildman–Crippen MR) is 101 cm³/mol. The van der Waals surface area contributed by atoms with Crippen LogP contribution in [0.5, 0.6) is 0 Å². The van der Waals surface area contributed by atoms with E-state index in [2.05, 4.69) is 30.3 Å². The Hall–Kier alpha value is -3.64. The summed E-state index contributed by atoms with van der Waals surface area (Å²) in [4.78, 5) is 10.9. The fourth-order valence-electron chi connectivity index (χ4n) is 3.11. The van der Waals surface area contributed by atoms with Gasteiger partial charge in [0.05, 0.1) is 11.6 Å². The second-order valence-corrected chi connectivity index (χ2v) is 6.18. The van der Waals surface area contributed by atoms with Crippen molar-refractivity contribution in [3.05, 3.63) is 95.1 Å². The van der Waals surface area contributed by atoms with Gasteiger partial charge in [-0.25, -0.2) is 0 Å². The zero-order valence-electron chi connectivity index (χ0n) is 14.0. The molecule has 0 atom stereocenters. The highest BCUT2D eigenvalue weighted by Crippen LogP contribution is 2.31. The van der Waals surface area contributed by atoms with Gasteiger partial charge >= 0.3 is 0 Å². The van der Waals surface area contributed by atoms with Crippen LogP contribution in [0, 0.1) is 11.3 Å². The maximum absolute atomic E-state index is 10.9. The highest BCUT2D eigenvalue weighted by atomic mass is 16.3. The molecule has 0 fully saturated rings. The fourth-order valence-corrected chi connectivity index (χ4v) is 3.11. The largest absolute Gasteiger partial charge is 0.456 e. The summed E-state index contributed by atoms with van der Waals surface area (Å²) in [6.07, 6.45) is 1.59. The first-order chi connectivity index (χ1) is 12.8. The van der Waals surface area contributed by atoms with Crippen LogP contribution in [0.3, 0.4) is 0 Å². The van der Waals surface area contributed by atoms with Crippen LogP contribution in [0.4, 0.5) is 0 Å². The summed E-state index contributed by atoms with van der Waals surface area (Å²) in [5.74, 6) is 0.630. The van der Waals surface area contributed by atoms with E-state index in [0.717, 1.165) is 23.7 Å². The van der Waals surface area contributed by atoms with E-state index in [9.17, 15) is 10.1 Å². The summed E-state index contributed by atoms with van der Waals surface area (Å²) in [5, 5.41) is 10.4. The number of nitrogens with zero attached hydrogens (tertiary/aromatic N) is 1. The van der Waals surface area contributed by atoms with Crippen LogP contribution < -0.4 is 0 Å². The van der Waals surface area contributed by atoms with Crippen molar-refractivity contribution in [1.29, 1.82) is 5.26 Å². The number of hydrogen-bond donors (Lipinski definition) is 0. The number of rotatable bonds is 4. The first kappa shape index (κ1) is 15.9. The Morgan fingerprint density at radius 2 is 1.77 bits per heavy atom. The molecule has 0 aliphatic carbocycles. The van der Waals surface area contributed by atoms with Gasteiger partial charge in [0.25, 0.3) is 0 Å². The average Bonchev–Trinajstić information content (AvgIpc) is 3.11. The van der Waals surface area contributed by atoms with E-state index in [4.69, 9.17) is 4.42 Å². The maximum atomic E-state index is 10.9. The predicted octanol–water partition coefficient (Wildman–Crippen LogP) is 5.37. The van der Waals surface area contributed by atoms with Gasteiger partial charge in [0.1, 0.15) is 17.6 Å². The second kappa shape index (κ2) is 6.70. The summed E-state index contributed by atoms with van der Waals surface area (Å²) in [6.45, 7) is 0. The highest BCUT2D eigenvalue weighted by Gasteiger charge is 2.12. The molecule has 0 radical (unpaired) electrons. The standard InChI is InChI=1S/C23H15NO2/c24-14-20-12-18(15-25)6-8-21(20)23-13-19-11-17(7-9-22(19)26-23)10-16-4-2-1-3-5-16/h1-9,11-13,15H,10H2. The number of carbonyl (C=O) groups is 1. The molecule has 26 heavy (non-hydrogen) atoms. The topological polar surface area (TPSA) is 54.0 Å². The molecular weight excluding hydrogens is 322 g/mol. The molecule has 0 N–H and O–H groups in total. The molecule has 124 valence electrons. The van der Waals surface area contributed by atoms with Crippen molar-refractivity contribution in [2.75, 3.05) is 0 Å². The van der Waals surface area contributed by atoms with Crippen LogP contribution in [-0.4, -0.2) is 6.29 Å². The number of nitriles is 1. The Morgan fingerprint density at radius 3 is 2.54 bits per heavy atom. The van der Waals surface area contributed by atoms with Gasteiger partial charge in [0, 0.05) is 16.5 Å². The van der Waals surface area contributed by atoms with Gasteiger partial charge in [-0.05, 0) is 47.9 Å². The van der Waals surface area contributed by atoms with E-state index < -0.39 is 0 Å². The van der Waals surface area contributed by atoms with E-state index in [0.29, 0.717) is 22.5 Å². The maximum Gasteiger partial charge on any atom is 0.150 e. The summed E-state index contributed by atoms with van der Waals surface area (Å²) in [5.41, 5.74) is 4.84. The van der Waals surface area contributed by atoms with Crippen molar-refractivity contribution < 1.29 is 9.21 Å². The zero-order valence-corrected chi connectivity index (χ0v) is 14.0. The molecule has 0 unspecified atom stereocenters. The third-order valence-corrected chi connectivity index (χ3v) is 4.40. The molecule has 3 nitrogen and oxygen atoms in total. The molecule has 0 aliphatic heterocycles. The van der Waals surface area contributed by atoms with Gasteiger partial charge in [-0.15, -0.1) is 0 Å². The number of benzene rings is 3. The summed E-state index contributed by atoms with van der Waals surface area (Å²) in [6, 6.07) is 25.5. The molecule has 4 rings (SSSR count). The Morgan fingerprint density at radius 1 is 0.923 bits per heavy atom. The molecule has 3 heteroatoms. The van der Waals surface area contributed by atoms with Gasteiger partial charge in [-0.3, -0.25) is 4.79 Å². The second-order valence-electron chi connectivity index (χ2n) is 6.18. The molecule has 1 heterocycles. The molecular formula is C23H15NO2. The molecule has 0 saturated heterocycles. The number of aldehydes is 1. The molecule has 1 aromatic heterocycles. The lowest BCUT2D eigenvalue weighted by atomic mass is 10.0. The van der Waals surface area contributed by atoms with Crippen LogP contribution in [-0.2, 0) is 6.42 Å². The number of fused-ring (bicyclic) bond motifs is 1. The summed E-state index contributed by atoms with van der Waals surface area (Å²) >= 11 is 0. The highest BCUT2D eigenvalue weighted by molar-refractivity contribution is 5.86. The first-order valence-electron chi connectivity index (χ1n) is 8.33. The molecule has 0 spiro atoms. The van der Waals surface area contributed by atoms with E-state index in [1.54, 1.807) is 18.2 Å². The Bertz CT molecular complexity index is 1130. The van der Waals surface area contributed by atoms with Crippen molar-refractivity contribution in [2.45, 2.75) is 6.42 Å². The molecule has 0 saturated carbocycles. The van der Waals surface area contributed by atoms with Gasteiger partial charge < -0.3 is 4.42 Å².